The molecule has 0 aromatic heterocycles. The third-order valence-electron chi connectivity index (χ3n) is 3.05. The van der Waals surface area contributed by atoms with E-state index < -0.39 is 0 Å². The molecule has 0 aliphatic rings. The molecule has 0 spiro atoms. The van der Waals surface area contributed by atoms with Crippen LogP contribution in [0.25, 0.3) is 10.8 Å². The Kier molecular flexibility index (Phi) is 4.39. The van der Waals surface area contributed by atoms with E-state index in [9.17, 15) is 4.79 Å². The van der Waals surface area contributed by atoms with E-state index in [0.717, 1.165) is 12.0 Å². The van der Waals surface area contributed by atoms with Crippen molar-refractivity contribution >= 4 is 16.9 Å². The van der Waals surface area contributed by atoms with Crippen LogP contribution in [-0.2, 0) is 4.74 Å². The fourth-order valence-corrected chi connectivity index (χ4v) is 1.97. The molecule has 3 nitrogen and oxygen atoms in total. The molecule has 0 radical (unpaired) electrons. The average Bonchev–Trinajstić information content (AvgIpc) is 2.44. The zero-order valence-corrected chi connectivity index (χ0v) is 11.3. The van der Waals surface area contributed by atoms with Crippen molar-refractivity contribution in [2.45, 2.75) is 26.3 Å². The number of alkyl carbamates (subject to hydrolysis) is 1. The number of carbonyl (C=O) groups excluding carboxylic acids is 1. The average molecular weight is 257 g/mol. The number of carbonyl (C=O) groups is 1. The van der Waals surface area contributed by atoms with Gasteiger partial charge in [-0.2, -0.15) is 0 Å². The minimum Gasteiger partial charge on any atom is -0.450 e. The quantitative estimate of drug-likeness (QED) is 0.897. The van der Waals surface area contributed by atoms with Gasteiger partial charge in [-0.3, -0.25) is 0 Å². The predicted octanol–water partition coefficient (Wildman–Crippen LogP) is 4.04. The minimum atomic E-state index is -0.359. The number of hydrogen-bond acceptors (Lipinski definition) is 2. The number of nitrogens with one attached hydrogen (secondary N) is 1. The molecule has 0 aliphatic carbocycles. The Hall–Kier alpha value is -2.03. The van der Waals surface area contributed by atoms with E-state index in [1.54, 1.807) is 0 Å². The van der Waals surface area contributed by atoms with Gasteiger partial charge in [0.1, 0.15) is 0 Å². The molecule has 1 unspecified atom stereocenters. The summed E-state index contributed by atoms with van der Waals surface area (Å²) in [5, 5.41) is 5.21. The van der Waals surface area contributed by atoms with Crippen molar-refractivity contribution in [1.29, 1.82) is 0 Å². The van der Waals surface area contributed by atoms with Crippen molar-refractivity contribution in [1.82, 2.24) is 5.32 Å². The van der Waals surface area contributed by atoms with E-state index >= 15 is 0 Å². The summed E-state index contributed by atoms with van der Waals surface area (Å²) < 4.78 is 5.02. The maximum absolute atomic E-state index is 11.5. The first kappa shape index (κ1) is 13.4. The minimum absolute atomic E-state index is 0.0611. The molecule has 0 saturated heterocycles. The molecule has 1 atom stereocenters. The van der Waals surface area contributed by atoms with Gasteiger partial charge in [0.05, 0.1) is 12.6 Å². The van der Waals surface area contributed by atoms with Crippen LogP contribution in [-0.4, -0.2) is 12.7 Å². The molecule has 19 heavy (non-hydrogen) atoms. The van der Waals surface area contributed by atoms with Gasteiger partial charge in [0.15, 0.2) is 0 Å². The molecule has 1 amide bonds. The van der Waals surface area contributed by atoms with Gasteiger partial charge in [-0.15, -0.1) is 0 Å². The van der Waals surface area contributed by atoms with Crippen molar-refractivity contribution in [3.63, 3.8) is 0 Å². The lowest BCUT2D eigenvalue weighted by molar-refractivity contribution is 0.143. The summed E-state index contributed by atoms with van der Waals surface area (Å²) in [6.07, 6.45) is 0.472. The topological polar surface area (TPSA) is 38.3 Å². The second-order valence-electron chi connectivity index (χ2n) is 4.61. The van der Waals surface area contributed by atoms with E-state index in [2.05, 4.69) is 29.6 Å². The summed E-state index contributed by atoms with van der Waals surface area (Å²) >= 11 is 0. The zero-order chi connectivity index (χ0) is 13.7. The standard InChI is InChI=1S/C16H19NO2/c1-3-10-19-16(18)17-12(2)14-9-8-13-6-4-5-7-15(13)11-14/h4-9,11-12H,3,10H2,1-2H3,(H,17,18). The van der Waals surface area contributed by atoms with E-state index in [4.69, 9.17) is 4.74 Å². The van der Waals surface area contributed by atoms with E-state index in [1.165, 1.54) is 10.8 Å². The first-order valence-corrected chi connectivity index (χ1v) is 6.62. The largest absolute Gasteiger partial charge is 0.450 e. The second-order valence-corrected chi connectivity index (χ2v) is 4.61. The normalized spacial score (nSPS) is 12.1. The molecule has 2 aromatic rings. The lowest BCUT2D eigenvalue weighted by Crippen LogP contribution is -2.27. The Bertz CT molecular complexity index is 565. The maximum atomic E-state index is 11.5. The van der Waals surface area contributed by atoms with E-state index in [0.29, 0.717) is 6.61 Å². The second kappa shape index (κ2) is 6.23. The molecule has 0 saturated carbocycles. The summed E-state index contributed by atoms with van der Waals surface area (Å²) in [5.41, 5.74) is 1.08. The SMILES string of the molecule is CCCOC(=O)NC(C)c1ccc2ccccc2c1. The van der Waals surface area contributed by atoms with Crippen molar-refractivity contribution in [3.05, 3.63) is 48.0 Å². The molecular formula is C16H19NO2. The summed E-state index contributed by atoms with van der Waals surface area (Å²) in [7, 11) is 0. The Morgan fingerprint density at radius 3 is 2.68 bits per heavy atom. The van der Waals surface area contributed by atoms with Crippen LogP contribution in [0.4, 0.5) is 4.79 Å². The van der Waals surface area contributed by atoms with Crippen LogP contribution < -0.4 is 5.32 Å². The molecule has 3 heteroatoms. The van der Waals surface area contributed by atoms with Crippen LogP contribution in [0, 0.1) is 0 Å². The first-order chi connectivity index (χ1) is 9.20. The Labute approximate surface area is 113 Å². The summed E-state index contributed by atoms with van der Waals surface area (Å²) in [6.45, 7) is 4.38. The van der Waals surface area contributed by atoms with Crippen LogP contribution in [0.2, 0.25) is 0 Å². The first-order valence-electron chi connectivity index (χ1n) is 6.62. The Morgan fingerprint density at radius 2 is 1.95 bits per heavy atom. The monoisotopic (exact) mass is 257 g/mol. The van der Waals surface area contributed by atoms with Crippen LogP contribution in [0.5, 0.6) is 0 Å². The number of fused-ring (bicyclic) bond motifs is 1. The number of ether oxygens (including phenoxy) is 1. The summed E-state index contributed by atoms with van der Waals surface area (Å²) in [4.78, 5) is 11.5. The van der Waals surface area contributed by atoms with Gasteiger partial charge in [-0.1, -0.05) is 43.3 Å². The fourth-order valence-electron chi connectivity index (χ4n) is 1.97. The Balaban J connectivity index is 2.08. The van der Waals surface area contributed by atoms with Crippen LogP contribution >= 0.6 is 0 Å². The molecule has 0 heterocycles. The van der Waals surface area contributed by atoms with E-state index in [1.807, 2.05) is 32.0 Å². The van der Waals surface area contributed by atoms with Gasteiger partial charge in [-0.25, -0.2) is 4.79 Å². The molecule has 2 aromatic carbocycles. The number of amides is 1. The third-order valence-corrected chi connectivity index (χ3v) is 3.05. The number of benzene rings is 2. The highest BCUT2D eigenvalue weighted by Crippen LogP contribution is 2.20. The van der Waals surface area contributed by atoms with Crippen molar-refractivity contribution in [3.8, 4) is 0 Å². The summed E-state index contributed by atoms with van der Waals surface area (Å²) in [5.74, 6) is 0. The third kappa shape index (κ3) is 3.47. The maximum Gasteiger partial charge on any atom is 0.407 e. The highest BCUT2D eigenvalue weighted by Gasteiger charge is 2.10. The van der Waals surface area contributed by atoms with Gasteiger partial charge in [0, 0.05) is 0 Å². The van der Waals surface area contributed by atoms with Gasteiger partial charge in [-0.05, 0) is 35.7 Å². The summed E-state index contributed by atoms with van der Waals surface area (Å²) in [6, 6.07) is 14.3. The molecule has 2 rings (SSSR count). The van der Waals surface area contributed by atoms with Gasteiger partial charge in [0.2, 0.25) is 0 Å². The van der Waals surface area contributed by atoms with Crippen LogP contribution in [0.15, 0.2) is 42.5 Å². The van der Waals surface area contributed by atoms with Crippen molar-refractivity contribution < 1.29 is 9.53 Å². The van der Waals surface area contributed by atoms with Crippen LogP contribution in [0.1, 0.15) is 31.9 Å². The van der Waals surface area contributed by atoms with Gasteiger partial charge < -0.3 is 10.1 Å². The number of rotatable bonds is 4. The van der Waals surface area contributed by atoms with Crippen molar-refractivity contribution in [2.24, 2.45) is 0 Å². The molecule has 0 bridgehead atoms. The number of hydrogen-bond donors (Lipinski definition) is 1. The van der Waals surface area contributed by atoms with Gasteiger partial charge >= 0.3 is 6.09 Å². The fraction of sp³-hybridized carbons (Fsp3) is 0.312. The predicted molar refractivity (Wildman–Crippen MR) is 77.1 cm³/mol. The molecule has 0 aliphatic heterocycles. The molecular weight excluding hydrogens is 238 g/mol. The lowest BCUT2D eigenvalue weighted by Gasteiger charge is -2.15. The van der Waals surface area contributed by atoms with Crippen LogP contribution in [0.3, 0.4) is 0 Å². The lowest BCUT2D eigenvalue weighted by atomic mass is 10.0. The molecule has 1 N–H and O–H groups in total. The molecule has 0 fully saturated rings. The Morgan fingerprint density at radius 1 is 1.21 bits per heavy atom. The smallest absolute Gasteiger partial charge is 0.407 e. The highest BCUT2D eigenvalue weighted by molar-refractivity contribution is 5.83. The van der Waals surface area contributed by atoms with Gasteiger partial charge in [0.25, 0.3) is 0 Å². The van der Waals surface area contributed by atoms with Crippen molar-refractivity contribution in [2.75, 3.05) is 6.61 Å². The molecule has 100 valence electrons. The highest BCUT2D eigenvalue weighted by atomic mass is 16.5. The van der Waals surface area contributed by atoms with E-state index in [-0.39, 0.29) is 12.1 Å². The zero-order valence-electron chi connectivity index (χ0n) is 11.3.